The van der Waals surface area contributed by atoms with Crippen LogP contribution in [0.1, 0.15) is 16.8 Å². The second-order valence-electron chi connectivity index (χ2n) is 3.18. The monoisotopic (exact) mass is 264 g/mol. The molecule has 1 atom stereocenters. The quantitative estimate of drug-likeness (QED) is 0.603. The molecule has 16 heavy (non-hydrogen) atoms. The molecule has 0 radical (unpaired) electrons. The normalized spacial score (nSPS) is 12.2. The van der Waals surface area contributed by atoms with Crippen LogP contribution in [0.25, 0.3) is 0 Å². The first-order valence-electron chi connectivity index (χ1n) is 4.76. The molecule has 0 N–H and O–H groups in total. The summed E-state index contributed by atoms with van der Waals surface area (Å²) in [4.78, 5) is 11.4. The topological polar surface area (TPSA) is 26.3 Å². The summed E-state index contributed by atoms with van der Waals surface area (Å²) in [7, 11) is 0. The Kier molecular flexibility index (Phi) is 5.56. The molecule has 0 aliphatic heterocycles. The van der Waals surface area contributed by atoms with E-state index in [4.69, 9.17) is 27.9 Å². The Hall–Kier alpha value is -0.800. The van der Waals surface area contributed by atoms with Crippen molar-refractivity contribution in [1.82, 2.24) is 0 Å². The van der Waals surface area contributed by atoms with Crippen molar-refractivity contribution in [1.29, 1.82) is 0 Å². The van der Waals surface area contributed by atoms with Gasteiger partial charge in [-0.05, 0) is 30.7 Å². The van der Waals surface area contributed by atoms with Gasteiger partial charge in [0.05, 0.1) is 17.5 Å². The number of rotatable bonds is 5. The zero-order valence-corrected chi connectivity index (χ0v) is 9.97. The fraction of sp³-hybridized carbons (Fsp3) is 0.364. The zero-order chi connectivity index (χ0) is 12.0. The van der Waals surface area contributed by atoms with Gasteiger partial charge in [-0.2, -0.15) is 0 Å². The summed E-state index contributed by atoms with van der Waals surface area (Å²) in [6.07, 6.45) is 0.498. The number of carbonyl (C=O) groups excluding carboxylic acids is 1. The van der Waals surface area contributed by atoms with Crippen LogP contribution in [0.2, 0.25) is 0 Å². The van der Waals surface area contributed by atoms with Crippen molar-refractivity contribution < 1.29 is 13.9 Å². The molecule has 0 fully saturated rings. The average Bonchev–Trinajstić information content (AvgIpc) is 2.29. The Morgan fingerprint density at radius 1 is 1.38 bits per heavy atom. The summed E-state index contributed by atoms with van der Waals surface area (Å²) in [5, 5.41) is -0.206. The molecule has 0 heterocycles. The van der Waals surface area contributed by atoms with Gasteiger partial charge in [0.15, 0.2) is 0 Å². The fourth-order valence-corrected chi connectivity index (χ4v) is 1.27. The third-order valence-corrected chi connectivity index (χ3v) is 2.81. The molecule has 0 saturated carbocycles. The maximum Gasteiger partial charge on any atom is 0.338 e. The average molecular weight is 265 g/mol. The van der Waals surface area contributed by atoms with Crippen LogP contribution in [0.15, 0.2) is 24.3 Å². The molecule has 1 unspecified atom stereocenters. The highest BCUT2D eigenvalue weighted by atomic mass is 35.5. The Morgan fingerprint density at radius 2 is 2.00 bits per heavy atom. The van der Waals surface area contributed by atoms with Crippen molar-refractivity contribution >= 4 is 29.2 Å². The Morgan fingerprint density at radius 3 is 2.56 bits per heavy atom. The van der Waals surface area contributed by atoms with E-state index in [0.717, 1.165) is 0 Å². The van der Waals surface area contributed by atoms with Gasteiger partial charge in [-0.15, -0.1) is 23.2 Å². The van der Waals surface area contributed by atoms with E-state index in [1.54, 1.807) is 0 Å². The first-order chi connectivity index (χ1) is 7.63. The Balaban J connectivity index is 2.38. The van der Waals surface area contributed by atoms with E-state index in [0.29, 0.717) is 17.9 Å². The highest BCUT2D eigenvalue weighted by Gasteiger charge is 2.08. The van der Waals surface area contributed by atoms with Crippen LogP contribution < -0.4 is 0 Å². The lowest BCUT2D eigenvalue weighted by Gasteiger charge is -2.06. The van der Waals surface area contributed by atoms with Crippen LogP contribution in [0, 0.1) is 5.82 Å². The number of alkyl halides is 2. The largest absolute Gasteiger partial charge is 0.462 e. The Bertz CT molecular complexity index is 340. The molecule has 0 saturated heterocycles. The second kappa shape index (κ2) is 6.71. The van der Waals surface area contributed by atoms with E-state index < -0.39 is 5.97 Å². The lowest BCUT2D eigenvalue weighted by atomic mass is 10.2. The molecule has 0 aromatic heterocycles. The van der Waals surface area contributed by atoms with Crippen molar-refractivity contribution in [2.75, 3.05) is 12.5 Å². The maximum absolute atomic E-state index is 12.6. The minimum Gasteiger partial charge on any atom is -0.462 e. The summed E-state index contributed by atoms with van der Waals surface area (Å²) in [5.41, 5.74) is 0.318. The van der Waals surface area contributed by atoms with Crippen LogP contribution in [-0.2, 0) is 4.74 Å². The lowest BCUT2D eigenvalue weighted by Crippen LogP contribution is -2.11. The van der Waals surface area contributed by atoms with Crippen LogP contribution in [0.5, 0.6) is 0 Å². The molecule has 0 amide bonds. The third-order valence-electron chi connectivity index (χ3n) is 1.91. The number of hydrogen-bond acceptors (Lipinski definition) is 2. The van der Waals surface area contributed by atoms with E-state index in [9.17, 15) is 9.18 Å². The van der Waals surface area contributed by atoms with Crippen LogP contribution in [0.4, 0.5) is 4.39 Å². The first-order valence-corrected chi connectivity index (χ1v) is 5.73. The number of halogens is 3. The van der Waals surface area contributed by atoms with Crippen molar-refractivity contribution in [3.05, 3.63) is 35.6 Å². The van der Waals surface area contributed by atoms with Gasteiger partial charge in [0.25, 0.3) is 0 Å². The maximum atomic E-state index is 12.6. The van der Waals surface area contributed by atoms with Gasteiger partial charge >= 0.3 is 5.97 Å². The summed E-state index contributed by atoms with van der Waals surface area (Å²) >= 11 is 11.2. The molecular weight excluding hydrogens is 254 g/mol. The molecule has 2 nitrogen and oxygen atoms in total. The van der Waals surface area contributed by atoms with Gasteiger partial charge in [0.2, 0.25) is 0 Å². The molecule has 1 rings (SSSR count). The Labute approximate surface area is 103 Å². The van der Waals surface area contributed by atoms with Gasteiger partial charge in [-0.3, -0.25) is 0 Å². The molecule has 88 valence electrons. The number of carbonyl (C=O) groups is 1. The van der Waals surface area contributed by atoms with Gasteiger partial charge < -0.3 is 4.74 Å². The van der Waals surface area contributed by atoms with E-state index in [-0.39, 0.29) is 17.8 Å². The SMILES string of the molecule is O=C(OCCC(Cl)CCl)c1ccc(F)cc1. The van der Waals surface area contributed by atoms with E-state index in [1.165, 1.54) is 24.3 Å². The van der Waals surface area contributed by atoms with Gasteiger partial charge in [0.1, 0.15) is 5.82 Å². The van der Waals surface area contributed by atoms with Crippen molar-refractivity contribution in [3.63, 3.8) is 0 Å². The minimum atomic E-state index is -0.488. The molecule has 0 bridgehead atoms. The highest BCUT2D eigenvalue weighted by Crippen LogP contribution is 2.07. The molecule has 1 aromatic rings. The molecule has 1 aromatic carbocycles. The minimum absolute atomic E-state index is 0.205. The summed E-state index contributed by atoms with van der Waals surface area (Å²) in [5.74, 6) is -0.562. The molecule has 0 aliphatic carbocycles. The summed E-state index contributed by atoms with van der Waals surface area (Å²) < 4.78 is 17.5. The molecule has 5 heteroatoms. The zero-order valence-electron chi connectivity index (χ0n) is 8.46. The first kappa shape index (κ1) is 13.3. The number of esters is 1. The van der Waals surface area contributed by atoms with Crippen LogP contribution >= 0.6 is 23.2 Å². The van der Waals surface area contributed by atoms with Crippen molar-refractivity contribution in [2.24, 2.45) is 0 Å². The van der Waals surface area contributed by atoms with Crippen molar-refractivity contribution in [2.45, 2.75) is 11.8 Å². The van der Waals surface area contributed by atoms with Gasteiger partial charge in [-0.1, -0.05) is 0 Å². The number of benzene rings is 1. The van der Waals surface area contributed by atoms with Gasteiger partial charge in [0, 0.05) is 5.88 Å². The van der Waals surface area contributed by atoms with E-state index in [1.807, 2.05) is 0 Å². The third kappa shape index (κ3) is 4.37. The second-order valence-corrected chi connectivity index (χ2v) is 4.11. The number of hydrogen-bond donors (Lipinski definition) is 0. The number of ether oxygens (including phenoxy) is 1. The highest BCUT2D eigenvalue weighted by molar-refractivity contribution is 6.28. The summed E-state index contributed by atoms with van der Waals surface area (Å²) in [6, 6.07) is 5.16. The lowest BCUT2D eigenvalue weighted by molar-refractivity contribution is 0.0501. The standard InChI is InChI=1S/C11H11Cl2FO2/c12-7-9(13)5-6-16-11(15)8-1-3-10(14)4-2-8/h1-4,9H,5-7H2. The predicted molar refractivity (Wildman–Crippen MR) is 61.7 cm³/mol. The van der Waals surface area contributed by atoms with Crippen LogP contribution in [-0.4, -0.2) is 23.8 Å². The predicted octanol–water partition coefficient (Wildman–Crippen LogP) is 3.22. The van der Waals surface area contributed by atoms with E-state index >= 15 is 0 Å². The van der Waals surface area contributed by atoms with Crippen molar-refractivity contribution in [3.8, 4) is 0 Å². The van der Waals surface area contributed by atoms with Gasteiger partial charge in [-0.25, -0.2) is 9.18 Å². The molecular formula is C11H11Cl2FO2. The summed E-state index contributed by atoms with van der Waals surface area (Å²) in [6.45, 7) is 0.205. The smallest absolute Gasteiger partial charge is 0.338 e. The van der Waals surface area contributed by atoms with E-state index in [2.05, 4.69) is 0 Å². The molecule has 0 spiro atoms. The fourth-order valence-electron chi connectivity index (χ4n) is 1.03. The molecule has 0 aliphatic rings. The van der Waals surface area contributed by atoms with Crippen LogP contribution in [0.3, 0.4) is 0 Å².